The van der Waals surface area contributed by atoms with Crippen LogP contribution < -0.4 is 4.90 Å². The van der Waals surface area contributed by atoms with Crippen molar-refractivity contribution in [3.05, 3.63) is 59.9 Å². The van der Waals surface area contributed by atoms with Crippen LogP contribution in [0.4, 0.5) is 5.69 Å². The summed E-state index contributed by atoms with van der Waals surface area (Å²) >= 11 is 0. The molecule has 29 heavy (non-hydrogen) atoms. The second-order valence-corrected chi connectivity index (χ2v) is 8.06. The summed E-state index contributed by atoms with van der Waals surface area (Å²) in [5.74, 6) is 0.0601. The van der Waals surface area contributed by atoms with E-state index >= 15 is 0 Å². The highest BCUT2D eigenvalue weighted by Crippen LogP contribution is 2.35. The van der Waals surface area contributed by atoms with Crippen molar-refractivity contribution in [2.75, 3.05) is 31.1 Å². The van der Waals surface area contributed by atoms with Crippen LogP contribution in [0, 0.1) is 6.92 Å². The Hall–Kier alpha value is -1.95. The Kier molecular flexibility index (Phi) is 6.93. The Balaban J connectivity index is 0.00000240. The van der Waals surface area contributed by atoms with Gasteiger partial charge in [-0.1, -0.05) is 24.3 Å². The average molecular weight is 416 g/mol. The molecule has 6 heteroatoms. The number of aromatic nitrogens is 1. The summed E-state index contributed by atoms with van der Waals surface area (Å²) in [5, 5.41) is 0. The molecule has 1 unspecified atom stereocenters. The fourth-order valence-electron chi connectivity index (χ4n) is 4.38. The number of benzene rings is 1. The van der Waals surface area contributed by atoms with E-state index in [4.69, 9.17) is 4.74 Å². The number of likely N-dealkylation sites (tertiary alicyclic amines) is 1. The molecule has 2 aliphatic rings. The zero-order chi connectivity index (χ0) is 19.6. The number of carbonyl (C=O) groups is 1. The first kappa shape index (κ1) is 21.8. The van der Waals surface area contributed by atoms with Crippen LogP contribution in [0.15, 0.2) is 48.7 Å². The third kappa shape index (κ3) is 4.80. The van der Waals surface area contributed by atoms with Crippen LogP contribution in [-0.4, -0.2) is 53.7 Å². The van der Waals surface area contributed by atoms with Gasteiger partial charge in [-0.15, -0.1) is 12.4 Å². The summed E-state index contributed by atoms with van der Waals surface area (Å²) in [6.07, 6.45) is 4.37. The fraction of sp³-hybridized carbons (Fsp3) is 0.478. The van der Waals surface area contributed by atoms with Gasteiger partial charge in [0.2, 0.25) is 0 Å². The number of piperidine rings is 1. The molecule has 156 valence electrons. The smallest absolute Gasteiger partial charge is 0.255 e. The molecular weight excluding hydrogens is 386 g/mol. The number of anilines is 1. The van der Waals surface area contributed by atoms with Crippen LogP contribution in [0.1, 0.15) is 31.0 Å². The number of hydrogen-bond donors (Lipinski definition) is 0. The van der Waals surface area contributed by atoms with Gasteiger partial charge in [0.25, 0.3) is 5.91 Å². The molecule has 0 aliphatic carbocycles. The lowest BCUT2D eigenvalue weighted by Crippen LogP contribution is -2.61. The molecule has 2 fully saturated rings. The molecule has 0 N–H and O–H groups in total. The third-order valence-electron chi connectivity index (χ3n) is 6.10. The summed E-state index contributed by atoms with van der Waals surface area (Å²) in [5.41, 5.74) is 3.18. The van der Waals surface area contributed by atoms with Crippen LogP contribution in [0.25, 0.3) is 0 Å². The van der Waals surface area contributed by atoms with Gasteiger partial charge < -0.3 is 14.5 Å². The van der Waals surface area contributed by atoms with Gasteiger partial charge in [0, 0.05) is 43.6 Å². The minimum absolute atomic E-state index is 0. The average Bonchev–Trinajstić information content (AvgIpc) is 2.72. The van der Waals surface area contributed by atoms with Gasteiger partial charge in [-0.05, 0) is 50.5 Å². The van der Waals surface area contributed by atoms with E-state index in [1.165, 1.54) is 11.3 Å². The highest BCUT2D eigenvalue weighted by atomic mass is 35.5. The van der Waals surface area contributed by atoms with Crippen molar-refractivity contribution >= 4 is 24.0 Å². The minimum atomic E-state index is -0.392. The second-order valence-electron chi connectivity index (χ2n) is 8.06. The first-order valence-corrected chi connectivity index (χ1v) is 10.2. The molecule has 3 heterocycles. The number of morpholine rings is 1. The Morgan fingerprint density at radius 1 is 1.14 bits per heavy atom. The van der Waals surface area contributed by atoms with E-state index < -0.39 is 6.10 Å². The molecule has 0 saturated carbocycles. The van der Waals surface area contributed by atoms with Gasteiger partial charge in [0.1, 0.15) is 6.10 Å². The van der Waals surface area contributed by atoms with Crippen molar-refractivity contribution < 1.29 is 9.53 Å². The maximum absolute atomic E-state index is 12.7. The number of ether oxygens (including phenoxy) is 1. The lowest BCUT2D eigenvalue weighted by molar-refractivity contribution is -0.161. The molecule has 1 amide bonds. The lowest BCUT2D eigenvalue weighted by atomic mass is 9.88. The zero-order valence-corrected chi connectivity index (χ0v) is 18.0. The standard InChI is InChI=1S/C23H29N3O2.ClH/c1-18-7-6-13-24-21(18)10-14-25-15-11-23(12-16-25)17-26(22(27)19(2)28-23)20-8-4-3-5-9-20;/h3-9,13,19H,10-12,14-17H2,1-2H3;1H. The SMILES string of the molecule is Cc1cccnc1CCN1CCC2(CC1)CN(c1ccccc1)C(=O)C(C)O2.Cl. The summed E-state index contributed by atoms with van der Waals surface area (Å²) in [6, 6.07) is 14.1. The number of rotatable bonds is 4. The van der Waals surface area contributed by atoms with Gasteiger partial charge in [0.05, 0.1) is 12.1 Å². The molecule has 1 aromatic heterocycles. The largest absolute Gasteiger partial charge is 0.360 e. The van der Waals surface area contributed by atoms with Crippen molar-refractivity contribution in [2.45, 2.75) is 44.8 Å². The van der Waals surface area contributed by atoms with E-state index in [0.717, 1.165) is 44.6 Å². The summed E-state index contributed by atoms with van der Waals surface area (Å²) in [7, 11) is 0. The molecule has 1 spiro atoms. The highest BCUT2D eigenvalue weighted by molar-refractivity contribution is 5.97. The molecule has 2 aromatic rings. The van der Waals surface area contributed by atoms with E-state index in [2.05, 4.69) is 22.9 Å². The van der Waals surface area contributed by atoms with Crippen LogP contribution in [0.5, 0.6) is 0 Å². The quantitative estimate of drug-likeness (QED) is 0.764. The van der Waals surface area contributed by atoms with E-state index in [0.29, 0.717) is 6.54 Å². The maximum atomic E-state index is 12.7. The second kappa shape index (κ2) is 9.24. The predicted octanol–water partition coefficient (Wildman–Crippen LogP) is 3.64. The van der Waals surface area contributed by atoms with Gasteiger partial charge in [-0.2, -0.15) is 0 Å². The predicted molar refractivity (Wildman–Crippen MR) is 118 cm³/mol. The summed E-state index contributed by atoms with van der Waals surface area (Å²) < 4.78 is 6.28. The molecule has 0 bridgehead atoms. The molecule has 2 aliphatic heterocycles. The van der Waals surface area contributed by atoms with Crippen molar-refractivity contribution in [1.82, 2.24) is 9.88 Å². The van der Waals surface area contributed by atoms with Gasteiger partial charge in [-0.3, -0.25) is 9.78 Å². The molecule has 2 saturated heterocycles. The number of nitrogens with zero attached hydrogens (tertiary/aromatic N) is 3. The van der Waals surface area contributed by atoms with Crippen LogP contribution in [0.3, 0.4) is 0 Å². The maximum Gasteiger partial charge on any atom is 0.255 e. The Morgan fingerprint density at radius 2 is 1.86 bits per heavy atom. The summed E-state index contributed by atoms with van der Waals surface area (Å²) in [4.78, 5) is 21.6. The first-order chi connectivity index (χ1) is 13.6. The number of aryl methyl sites for hydroxylation is 1. The topological polar surface area (TPSA) is 45.7 Å². The van der Waals surface area contributed by atoms with Gasteiger partial charge in [0.15, 0.2) is 0 Å². The normalized spacial score (nSPS) is 21.8. The van der Waals surface area contributed by atoms with Crippen LogP contribution in [-0.2, 0) is 16.0 Å². The highest BCUT2D eigenvalue weighted by Gasteiger charge is 2.45. The number of pyridine rings is 1. The van der Waals surface area contributed by atoms with Crippen molar-refractivity contribution in [3.8, 4) is 0 Å². The molecule has 5 nitrogen and oxygen atoms in total. The van der Waals surface area contributed by atoms with Gasteiger partial charge in [-0.25, -0.2) is 0 Å². The Labute approximate surface area is 179 Å². The lowest BCUT2D eigenvalue weighted by Gasteiger charge is -2.49. The summed E-state index contributed by atoms with van der Waals surface area (Å²) in [6.45, 7) is 7.67. The van der Waals surface area contributed by atoms with Crippen LogP contribution in [0.2, 0.25) is 0 Å². The van der Waals surface area contributed by atoms with E-state index in [1.807, 2.05) is 54.4 Å². The van der Waals surface area contributed by atoms with E-state index in [9.17, 15) is 4.79 Å². The number of hydrogen-bond acceptors (Lipinski definition) is 4. The minimum Gasteiger partial charge on any atom is -0.360 e. The Bertz CT molecular complexity index is 822. The number of para-hydroxylation sites is 1. The molecule has 0 radical (unpaired) electrons. The molecular formula is C23H30ClN3O2. The fourth-order valence-corrected chi connectivity index (χ4v) is 4.38. The van der Waals surface area contributed by atoms with Crippen LogP contribution >= 0.6 is 12.4 Å². The number of carbonyl (C=O) groups excluding carboxylic acids is 1. The molecule has 1 aromatic carbocycles. The van der Waals surface area contributed by atoms with E-state index in [-0.39, 0.29) is 23.9 Å². The van der Waals surface area contributed by atoms with Crippen molar-refractivity contribution in [2.24, 2.45) is 0 Å². The van der Waals surface area contributed by atoms with E-state index in [1.54, 1.807) is 0 Å². The van der Waals surface area contributed by atoms with Crippen molar-refractivity contribution in [1.29, 1.82) is 0 Å². The molecule has 4 rings (SSSR count). The Morgan fingerprint density at radius 3 is 2.55 bits per heavy atom. The monoisotopic (exact) mass is 415 g/mol. The van der Waals surface area contributed by atoms with Crippen molar-refractivity contribution in [3.63, 3.8) is 0 Å². The third-order valence-corrected chi connectivity index (χ3v) is 6.10. The zero-order valence-electron chi connectivity index (χ0n) is 17.2. The number of amides is 1. The molecule has 1 atom stereocenters. The first-order valence-electron chi connectivity index (χ1n) is 10.2. The van der Waals surface area contributed by atoms with Gasteiger partial charge >= 0.3 is 0 Å². The number of halogens is 1.